The summed E-state index contributed by atoms with van der Waals surface area (Å²) in [4.78, 5) is 18.5. The summed E-state index contributed by atoms with van der Waals surface area (Å²) in [5.74, 6) is 0.933. The fourth-order valence-corrected chi connectivity index (χ4v) is 3.03. The second-order valence-corrected chi connectivity index (χ2v) is 6.24. The first-order valence-electron chi connectivity index (χ1n) is 9.27. The molecule has 25 heavy (non-hydrogen) atoms. The van der Waals surface area contributed by atoms with Crippen molar-refractivity contribution in [3.05, 3.63) is 0 Å². The minimum Gasteiger partial charge on any atom is -0.375 e. The Balaban J connectivity index is 0.00000312. The van der Waals surface area contributed by atoms with Gasteiger partial charge < -0.3 is 25.0 Å². The van der Waals surface area contributed by atoms with E-state index in [2.05, 4.69) is 27.4 Å². The van der Waals surface area contributed by atoms with E-state index in [1.54, 1.807) is 0 Å². The lowest BCUT2D eigenvalue weighted by molar-refractivity contribution is -0.120. The van der Waals surface area contributed by atoms with Crippen molar-refractivity contribution in [3.8, 4) is 0 Å². The molecule has 2 saturated heterocycles. The van der Waals surface area contributed by atoms with E-state index in [4.69, 9.17) is 9.47 Å². The number of carbonyl (C=O) groups excluding carboxylic acids is 1. The van der Waals surface area contributed by atoms with E-state index < -0.39 is 0 Å². The number of ether oxygens (including phenoxy) is 2. The maximum Gasteiger partial charge on any atom is 0.221 e. The van der Waals surface area contributed by atoms with Crippen molar-refractivity contribution < 1.29 is 14.3 Å². The van der Waals surface area contributed by atoms with Crippen molar-refractivity contribution in [1.82, 2.24) is 15.5 Å². The summed E-state index contributed by atoms with van der Waals surface area (Å²) in [5, 5.41) is 6.21. The molecule has 0 aromatic rings. The van der Waals surface area contributed by atoms with Gasteiger partial charge in [0.1, 0.15) is 6.10 Å². The first-order valence-corrected chi connectivity index (χ1v) is 9.27. The van der Waals surface area contributed by atoms with Gasteiger partial charge in [0.15, 0.2) is 5.96 Å². The lowest BCUT2D eigenvalue weighted by Crippen LogP contribution is -2.53. The third-order valence-electron chi connectivity index (χ3n) is 4.28. The molecule has 0 aromatic heterocycles. The molecule has 2 heterocycles. The number of hydrogen-bond donors (Lipinski definition) is 2. The summed E-state index contributed by atoms with van der Waals surface area (Å²) in [6.45, 7) is 9.27. The largest absolute Gasteiger partial charge is 0.375 e. The van der Waals surface area contributed by atoms with Crippen LogP contribution in [0.2, 0.25) is 0 Å². The number of morpholine rings is 1. The fourth-order valence-electron chi connectivity index (χ4n) is 3.03. The van der Waals surface area contributed by atoms with Crippen LogP contribution in [0.4, 0.5) is 0 Å². The predicted molar refractivity (Wildman–Crippen MR) is 110 cm³/mol. The lowest BCUT2D eigenvalue weighted by atomic mass is 10.1. The number of halogens is 1. The van der Waals surface area contributed by atoms with Gasteiger partial charge in [-0.1, -0.05) is 6.92 Å². The Bertz CT molecular complexity index is 417. The Hall–Kier alpha value is -0.610. The summed E-state index contributed by atoms with van der Waals surface area (Å²) in [7, 11) is 0. The second kappa shape index (κ2) is 12.7. The van der Waals surface area contributed by atoms with Crippen molar-refractivity contribution in [2.75, 3.05) is 45.9 Å². The number of carbonyl (C=O) groups is 1. The normalized spacial score (nSPS) is 23.9. The quantitative estimate of drug-likeness (QED) is 0.336. The average molecular weight is 468 g/mol. The molecule has 2 aliphatic rings. The number of aliphatic imine (C=N–C) groups is 1. The third kappa shape index (κ3) is 7.65. The Kier molecular flexibility index (Phi) is 11.4. The van der Waals surface area contributed by atoms with Crippen LogP contribution >= 0.6 is 24.0 Å². The molecule has 8 heteroatoms. The number of nitrogens with zero attached hydrogens (tertiary/aromatic N) is 2. The Morgan fingerprint density at radius 3 is 2.68 bits per heavy atom. The molecule has 2 rings (SSSR count). The molecule has 2 atom stereocenters. The number of guanidine groups is 1. The molecule has 2 unspecified atom stereocenters. The molecule has 0 radical (unpaired) electrons. The zero-order valence-corrected chi connectivity index (χ0v) is 17.8. The van der Waals surface area contributed by atoms with Gasteiger partial charge in [-0.2, -0.15) is 0 Å². The van der Waals surface area contributed by atoms with E-state index >= 15 is 0 Å². The zero-order valence-electron chi connectivity index (χ0n) is 15.5. The van der Waals surface area contributed by atoms with Crippen molar-refractivity contribution in [1.29, 1.82) is 0 Å². The maximum atomic E-state index is 11.7. The van der Waals surface area contributed by atoms with E-state index in [0.29, 0.717) is 19.6 Å². The van der Waals surface area contributed by atoms with Gasteiger partial charge in [0.25, 0.3) is 0 Å². The van der Waals surface area contributed by atoms with Crippen LogP contribution in [0.3, 0.4) is 0 Å². The van der Waals surface area contributed by atoms with Gasteiger partial charge in [-0.25, -0.2) is 0 Å². The van der Waals surface area contributed by atoms with E-state index in [0.717, 1.165) is 58.0 Å². The lowest BCUT2D eigenvalue weighted by Gasteiger charge is -2.37. The number of amides is 1. The molecule has 0 spiro atoms. The van der Waals surface area contributed by atoms with Crippen molar-refractivity contribution in [2.24, 2.45) is 4.99 Å². The van der Waals surface area contributed by atoms with Crippen LogP contribution in [0.5, 0.6) is 0 Å². The monoisotopic (exact) mass is 468 g/mol. The van der Waals surface area contributed by atoms with Crippen LogP contribution in [-0.4, -0.2) is 74.9 Å². The van der Waals surface area contributed by atoms with E-state index in [9.17, 15) is 4.79 Å². The standard InChI is InChI=1S/C17H32N4O3.HI/c1-3-8-19-16(22)7-9-20-17(18-4-2)21-10-12-24-15(13-21)14-6-5-11-23-14;/h14-15H,3-13H2,1-2H3,(H,18,20)(H,19,22);1H. The van der Waals surface area contributed by atoms with Crippen molar-refractivity contribution >= 4 is 35.8 Å². The molecule has 1 amide bonds. The van der Waals surface area contributed by atoms with Gasteiger partial charge in [-0.15, -0.1) is 24.0 Å². The van der Waals surface area contributed by atoms with Gasteiger partial charge in [-0.05, 0) is 26.2 Å². The topological polar surface area (TPSA) is 75.2 Å². The van der Waals surface area contributed by atoms with Gasteiger partial charge >= 0.3 is 0 Å². The highest BCUT2D eigenvalue weighted by Crippen LogP contribution is 2.21. The SMILES string of the molecule is CCCNC(=O)CCN=C(NCC)N1CCOC(C2CCCO2)C1.I. The van der Waals surface area contributed by atoms with E-state index in [1.165, 1.54) is 0 Å². The van der Waals surface area contributed by atoms with Crippen LogP contribution in [-0.2, 0) is 14.3 Å². The van der Waals surface area contributed by atoms with E-state index in [-0.39, 0.29) is 42.1 Å². The summed E-state index contributed by atoms with van der Waals surface area (Å²) in [6, 6.07) is 0. The minimum absolute atomic E-state index is 0. The number of rotatable bonds is 7. The molecule has 0 bridgehead atoms. The molecule has 2 N–H and O–H groups in total. The molecule has 2 aliphatic heterocycles. The van der Waals surface area contributed by atoms with Crippen LogP contribution < -0.4 is 10.6 Å². The molecule has 7 nitrogen and oxygen atoms in total. The smallest absolute Gasteiger partial charge is 0.221 e. The van der Waals surface area contributed by atoms with Crippen molar-refractivity contribution in [2.45, 2.75) is 51.7 Å². The summed E-state index contributed by atoms with van der Waals surface area (Å²) >= 11 is 0. The zero-order chi connectivity index (χ0) is 17.2. The summed E-state index contributed by atoms with van der Waals surface area (Å²) < 4.78 is 11.7. The first-order chi connectivity index (χ1) is 11.7. The predicted octanol–water partition coefficient (Wildman–Crippen LogP) is 1.37. The highest BCUT2D eigenvalue weighted by atomic mass is 127. The van der Waals surface area contributed by atoms with E-state index in [1.807, 2.05) is 6.92 Å². The van der Waals surface area contributed by atoms with Gasteiger partial charge in [0.05, 0.1) is 19.3 Å². The number of nitrogens with one attached hydrogen (secondary N) is 2. The molecule has 0 aliphatic carbocycles. The maximum absolute atomic E-state index is 11.7. The summed E-state index contributed by atoms with van der Waals surface area (Å²) in [6.07, 6.45) is 3.88. The average Bonchev–Trinajstić information content (AvgIpc) is 3.14. The highest BCUT2D eigenvalue weighted by Gasteiger charge is 2.32. The molecule has 2 fully saturated rings. The van der Waals surface area contributed by atoms with Crippen molar-refractivity contribution in [3.63, 3.8) is 0 Å². The first kappa shape index (κ1) is 22.4. The third-order valence-corrected chi connectivity index (χ3v) is 4.28. The van der Waals surface area contributed by atoms with Gasteiger partial charge in [0, 0.05) is 39.2 Å². The Labute approximate surface area is 168 Å². The fraction of sp³-hybridized carbons (Fsp3) is 0.882. The Morgan fingerprint density at radius 2 is 2.00 bits per heavy atom. The summed E-state index contributed by atoms with van der Waals surface area (Å²) in [5.41, 5.74) is 0. The van der Waals surface area contributed by atoms with Crippen LogP contribution in [0.15, 0.2) is 4.99 Å². The molecular weight excluding hydrogens is 435 g/mol. The van der Waals surface area contributed by atoms with Gasteiger partial charge in [0.2, 0.25) is 5.91 Å². The van der Waals surface area contributed by atoms with Crippen LogP contribution in [0.25, 0.3) is 0 Å². The van der Waals surface area contributed by atoms with Gasteiger partial charge in [-0.3, -0.25) is 9.79 Å². The highest BCUT2D eigenvalue weighted by molar-refractivity contribution is 14.0. The molecular formula is C17H33IN4O3. The van der Waals surface area contributed by atoms with Crippen LogP contribution in [0.1, 0.15) is 39.5 Å². The Morgan fingerprint density at radius 1 is 1.20 bits per heavy atom. The second-order valence-electron chi connectivity index (χ2n) is 6.24. The molecule has 0 saturated carbocycles. The minimum atomic E-state index is 0. The number of hydrogen-bond acceptors (Lipinski definition) is 4. The van der Waals surface area contributed by atoms with Crippen LogP contribution in [0, 0.1) is 0 Å². The molecule has 0 aromatic carbocycles. The molecule has 146 valence electrons.